The van der Waals surface area contributed by atoms with Crippen LogP contribution in [-0.4, -0.2) is 24.8 Å². The van der Waals surface area contributed by atoms with E-state index in [1.807, 2.05) is 36.4 Å². The van der Waals surface area contributed by atoms with E-state index in [9.17, 15) is 4.79 Å². The number of halogens is 1. The van der Waals surface area contributed by atoms with E-state index in [0.717, 1.165) is 10.0 Å². The van der Waals surface area contributed by atoms with Gasteiger partial charge in [0.25, 0.3) is 5.91 Å². The minimum absolute atomic E-state index is 0.344. The Morgan fingerprint density at radius 1 is 1.28 bits per heavy atom. The Balaban J connectivity index is 1.91. The van der Waals surface area contributed by atoms with Gasteiger partial charge >= 0.3 is 0 Å². The van der Waals surface area contributed by atoms with Gasteiger partial charge in [-0.2, -0.15) is 5.10 Å². The molecule has 5 nitrogen and oxygen atoms in total. The Kier molecular flexibility index (Phi) is 7.22. The van der Waals surface area contributed by atoms with Crippen LogP contribution in [0.5, 0.6) is 11.5 Å². The summed E-state index contributed by atoms with van der Waals surface area (Å²) in [5.74, 6) is 0.932. The maximum atomic E-state index is 12.1. The molecule has 2 aromatic rings. The van der Waals surface area contributed by atoms with Crippen LogP contribution >= 0.6 is 15.9 Å². The van der Waals surface area contributed by atoms with Gasteiger partial charge in [0.15, 0.2) is 6.10 Å². The van der Waals surface area contributed by atoms with Gasteiger partial charge in [0.05, 0.1) is 6.21 Å². The number of nitrogens with one attached hydrogen (secondary N) is 1. The molecule has 0 bridgehead atoms. The molecule has 0 spiro atoms. The molecule has 2 rings (SSSR count). The molecule has 0 radical (unpaired) electrons. The number of rotatable bonds is 8. The van der Waals surface area contributed by atoms with Gasteiger partial charge in [-0.3, -0.25) is 4.79 Å². The summed E-state index contributed by atoms with van der Waals surface area (Å²) < 4.78 is 12.0. The van der Waals surface area contributed by atoms with Gasteiger partial charge in [-0.15, -0.1) is 0 Å². The van der Waals surface area contributed by atoms with Gasteiger partial charge < -0.3 is 9.47 Å². The molecule has 1 unspecified atom stereocenters. The SMILES string of the molecule is C=CCOc1ccccc1/C=N/NC(=O)C(C)Oc1ccc(Br)cc1. The Morgan fingerprint density at radius 3 is 2.72 bits per heavy atom. The fraction of sp³-hybridized carbons (Fsp3) is 0.158. The van der Waals surface area contributed by atoms with E-state index in [2.05, 4.69) is 33.0 Å². The molecule has 0 aromatic heterocycles. The maximum Gasteiger partial charge on any atom is 0.280 e. The molecule has 0 aliphatic carbocycles. The highest BCUT2D eigenvalue weighted by atomic mass is 79.9. The van der Waals surface area contributed by atoms with Gasteiger partial charge in [0.2, 0.25) is 0 Å². The molecule has 0 aliphatic heterocycles. The van der Waals surface area contributed by atoms with E-state index >= 15 is 0 Å². The topological polar surface area (TPSA) is 59.9 Å². The van der Waals surface area contributed by atoms with Crippen LogP contribution in [0.3, 0.4) is 0 Å². The second kappa shape index (κ2) is 9.64. The average molecular weight is 403 g/mol. The van der Waals surface area contributed by atoms with Crippen molar-refractivity contribution in [1.29, 1.82) is 0 Å². The molecule has 0 saturated carbocycles. The number of ether oxygens (including phenoxy) is 2. The molecule has 0 aliphatic rings. The fourth-order valence-electron chi connectivity index (χ4n) is 1.89. The summed E-state index contributed by atoms with van der Waals surface area (Å²) in [4.78, 5) is 12.1. The number of hydrogen-bond donors (Lipinski definition) is 1. The van der Waals surface area contributed by atoms with Gasteiger partial charge in [-0.1, -0.05) is 40.7 Å². The lowest BCUT2D eigenvalue weighted by Crippen LogP contribution is -2.33. The van der Waals surface area contributed by atoms with Crippen molar-refractivity contribution < 1.29 is 14.3 Å². The van der Waals surface area contributed by atoms with E-state index in [4.69, 9.17) is 9.47 Å². The number of benzene rings is 2. The lowest BCUT2D eigenvalue weighted by molar-refractivity contribution is -0.127. The maximum absolute atomic E-state index is 12.1. The van der Waals surface area contributed by atoms with Crippen molar-refractivity contribution in [3.63, 3.8) is 0 Å². The summed E-state index contributed by atoms with van der Waals surface area (Å²) in [6.07, 6.45) is 2.52. The summed E-state index contributed by atoms with van der Waals surface area (Å²) in [5, 5.41) is 3.97. The van der Waals surface area contributed by atoms with Crippen LogP contribution in [0.15, 0.2) is 70.8 Å². The van der Waals surface area contributed by atoms with E-state index in [0.29, 0.717) is 18.1 Å². The van der Waals surface area contributed by atoms with Crippen molar-refractivity contribution in [3.05, 3.63) is 71.2 Å². The number of amides is 1. The Hall–Kier alpha value is -2.60. The molecule has 1 atom stereocenters. The molecular weight excluding hydrogens is 384 g/mol. The van der Waals surface area contributed by atoms with Crippen molar-refractivity contribution in [2.24, 2.45) is 5.10 Å². The van der Waals surface area contributed by atoms with Gasteiger partial charge in [0, 0.05) is 10.0 Å². The largest absolute Gasteiger partial charge is 0.489 e. The third-order valence-corrected chi connectivity index (χ3v) is 3.68. The number of hydrazone groups is 1. The zero-order valence-electron chi connectivity index (χ0n) is 13.8. The van der Waals surface area contributed by atoms with Crippen molar-refractivity contribution >= 4 is 28.1 Å². The molecule has 1 N–H and O–H groups in total. The van der Waals surface area contributed by atoms with E-state index < -0.39 is 6.10 Å². The summed E-state index contributed by atoms with van der Waals surface area (Å²) >= 11 is 3.35. The molecule has 0 fully saturated rings. The van der Waals surface area contributed by atoms with E-state index in [-0.39, 0.29) is 5.91 Å². The monoisotopic (exact) mass is 402 g/mol. The first-order valence-electron chi connectivity index (χ1n) is 7.68. The molecular formula is C19H19BrN2O3. The Labute approximate surface area is 155 Å². The summed E-state index contributed by atoms with van der Waals surface area (Å²) in [6.45, 7) is 5.68. The van der Waals surface area contributed by atoms with Crippen molar-refractivity contribution in [2.45, 2.75) is 13.0 Å². The van der Waals surface area contributed by atoms with E-state index in [1.165, 1.54) is 6.21 Å². The van der Waals surface area contributed by atoms with Crippen LogP contribution in [0.25, 0.3) is 0 Å². The van der Waals surface area contributed by atoms with Crippen LogP contribution in [0, 0.1) is 0 Å². The first kappa shape index (κ1) is 18.7. The second-order valence-corrected chi connectivity index (χ2v) is 6.00. The first-order chi connectivity index (χ1) is 12.1. The van der Waals surface area contributed by atoms with Crippen molar-refractivity contribution in [3.8, 4) is 11.5 Å². The van der Waals surface area contributed by atoms with Crippen molar-refractivity contribution in [2.75, 3.05) is 6.61 Å². The first-order valence-corrected chi connectivity index (χ1v) is 8.47. The highest BCUT2D eigenvalue weighted by Crippen LogP contribution is 2.17. The number of carbonyl (C=O) groups is 1. The number of hydrogen-bond acceptors (Lipinski definition) is 4. The minimum atomic E-state index is -0.675. The normalized spacial score (nSPS) is 11.8. The number of nitrogens with zero attached hydrogens (tertiary/aromatic N) is 1. The summed E-state index contributed by atoms with van der Waals surface area (Å²) in [7, 11) is 0. The van der Waals surface area contributed by atoms with Crippen LogP contribution in [0.4, 0.5) is 0 Å². The van der Waals surface area contributed by atoms with Crippen LogP contribution in [0.1, 0.15) is 12.5 Å². The molecule has 2 aromatic carbocycles. The third-order valence-electron chi connectivity index (χ3n) is 3.15. The molecule has 6 heteroatoms. The zero-order valence-corrected chi connectivity index (χ0v) is 15.4. The van der Waals surface area contributed by atoms with Crippen LogP contribution < -0.4 is 14.9 Å². The zero-order chi connectivity index (χ0) is 18.1. The lowest BCUT2D eigenvalue weighted by Gasteiger charge is -2.13. The summed E-state index contributed by atoms with van der Waals surface area (Å²) in [5.41, 5.74) is 3.22. The predicted octanol–water partition coefficient (Wildman–Crippen LogP) is 3.93. The minimum Gasteiger partial charge on any atom is -0.489 e. The Bertz CT molecular complexity index is 745. The summed E-state index contributed by atoms with van der Waals surface area (Å²) in [6, 6.07) is 14.7. The standard InChI is InChI=1S/C19H19BrN2O3/c1-3-12-24-18-7-5-4-6-15(18)13-21-22-19(23)14(2)25-17-10-8-16(20)9-11-17/h3-11,13-14H,1,12H2,2H3,(H,22,23)/b21-13+. The molecule has 1 amide bonds. The van der Waals surface area contributed by atoms with Gasteiger partial charge in [0.1, 0.15) is 18.1 Å². The van der Waals surface area contributed by atoms with Gasteiger partial charge in [-0.05, 0) is 43.3 Å². The molecule has 25 heavy (non-hydrogen) atoms. The second-order valence-electron chi connectivity index (χ2n) is 5.09. The highest BCUT2D eigenvalue weighted by Gasteiger charge is 2.13. The fourth-order valence-corrected chi connectivity index (χ4v) is 2.16. The number of carbonyl (C=O) groups excluding carboxylic acids is 1. The van der Waals surface area contributed by atoms with Gasteiger partial charge in [-0.25, -0.2) is 5.43 Å². The molecule has 130 valence electrons. The average Bonchev–Trinajstić information content (AvgIpc) is 2.62. The predicted molar refractivity (Wildman–Crippen MR) is 102 cm³/mol. The third kappa shape index (κ3) is 6.08. The smallest absolute Gasteiger partial charge is 0.280 e. The van der Waals surface area contributed by atoms with Crippen LogP contribution in [-0.2, 0) is 4.79 Å². The molecule has 0 heterocycles. The lowest BCUT2D eigenvalue weighted by atomic mass is 10.2. The quantitative estimate of drug-likeness (QED) is 0.413. The van der Waals surface area contributed by atoms with Crippen LogP contribution in [0.2, 0.25) is 0 Å². The Morgan fingerprint density at radius 2 is 2.00 bits per heavy atom. The van der Waals surface area contributed by atoms with E-state index in [1.54, 1.807) is 25.1 Å². The highest BCUT2D eigenvalue weighted by molar-refractivity contribution is 9.10. The number of para-hydroxylation sites is 1. The molecule has 0 saturated heterocycles. The van der Waals surface area contributed by atoms with Crippen molar-refractivity contribution in [1.82, 2.24) is 5.43 Å².